The Hall–Kier alpha value is -2.65. The molecule has 12 bridgehead atoms. The van der Waals surface area contributed by atoms with Crippen LogP contribution in [0.25, 0.3) is 0 Å². The van der Waals surface area contributed by atoms with Crippen molar-refractivity contribution in [1.29, 1.82) is 0 Å². The molecule has 1 spiro atoms. The molecule has 26 nitrogen and oxygen atoms in total. The van der Waals surface area contributed by atoms with E-state index in [1.807, 2.05) is 6.92 Å². The number of allylic oxidation sites excluding steroid dienone is 2. The van der Waals surface area contributed by atoms with E-state index in [4.69, 9.17) is 47.4 Å². The maximum Gasteiger partial charge on any atom is 0.315 e. The summed E-state index contributed by atoms with van der Waals surface area (Å²) in [6.07, 6.45) is -31.4. The van der Waals surface area contributed by atoms with Crippen molar-refractivity contribution in [2.24, 2.45) is 50.2 Å². The highest BCUT2D eigenvalue weighted by Crippen LogP contribution is 2.76. The van der Waals surface area contributed by atoms with Gasteiger partial charge in [-0.25, -0.2) is 0 Å². The Balaban J connectivity index is 1.01. The summed E-state index contributed by atoms with van der Waals surface area (Å²) >= 11 is 0. The zero-order valence-electron chi connectivity index (χ0n) is 49.7. The predicted octanol–water partition coefficient (Wildman–Crippen LogP) is -1.78. The van der Waals surface area contributed by atoms with Gasteiger partial charge in [-0.1, -0.05) is 53.2 Å². The molecule has 11 fully saturated rings. The minimum absolute atomic E-state index is 0.0971. The molecule has 12 aliphatic heterocycles. The highest BCUT2D eigenvalue weighted by molar-refractivity contribution is 5.79. The van der Waals surface area contributed by atoms with Gasteiger partial charge < -0.3 is 114 Å². The molecule has 12 heterocycles. The number of esters is 3. The van der Waals surface area contributed by atoms with Crippen LogP contribution in [0.1, 0.15) is 126 Å². The second-order valence-corrected chi connectivity index (χ2v) is 28.6. The maximum absolute atomic E-state index is 15.4. The quantitative estimate of drug-likeness (QED) is 0.0643. The van der Waals surface area contributed by atoms with Crippen LogP contribution in [-0.4, -0.2) is 245 Å². The van der Waals surface area contributed by atoms with E-state index in [0.717, 1.165) is 12.5 Å². The lowest BCUT2D eigenvalue weighted by Gasteiger charge is -2.72. The maximum atomic E-state index is 15.4. The van der Waals surface area contributed by atoms with E-state index in [1.165, 1.54) is 6.92 Å². The average molecular weight is 1220 g/mol. The van der Waals surface area contributed by atoms with Crippen molar-refractivity contribution < 1.29 is 128 Å². The Morgan fingerprint density at radius 3 is 1.76 bits per heavy atom. The topological polar surface area (TPSA) is 407 Å². The fourth-order valence-corrected chi connectivity index (χ4v) is 17.6. The summed E-state index contributed by atoms with van der Waals surface area (Å²) in [5, 5.41) is 148. The summed E-state index contributed by atoms with van der Waals surface area (Å²) in [5.41, 5.74) is -5.30. The average Bonchev–Trinajstić information content (AvgIpc) is 0.692. The van der Waals surface area contributed by atoms with Crippen molar-refractivity contribution in [1.82, 2.24) is 0 Å². The summed E-state index contributed by atoms with van der Waals surface area (Å²) in [6.45, 7) is 12.5. The van der Waals surface area contributed by atoms with Crippen LogP contribution in [0.5, 0.6) is 0 Å². The smallest absolute Gasteiger partial charge is 0.315 e. The van der Waals surface area contributed by atoms with E-state index >= 15 is 4.79 Å². The number of aliphatic hydroxyl groups is 13. The minimum atomic E-state index is -2.27. The van der Waals surface area contributed by atoms with E-state index < -0.39 is 219 Å². The molecule has 0 aromatic heterocycles. The van der Waals surface area contributed by atoms with Crippen LogP contribution >= 0.6 is 0 Å². The number of hydrogen-bond donors (Lipinski definition) is 13. The fraction of sp³-hybridized carbons (Fsp3) is 0.915. The van der Waals surface area contributed by atoms with Crippen LogP contribution in [0, 0.1) is 50.2 Å². The highest BCUT2D eigenvalue weighted by atomic mass is 16.8. The number of carbonyl (C=O) groups excluding carboxylic acids is 3. The zero-order chi connectivity index (χ0) is 62.1. The Labute approximate surface area is 493 Å². The van der Waals surface area contributed by atoms with Crippen molar-refractivity contribution >= 4 is 17.9 Å². The first kappa shape index (κ1) is 65.3. The monoisotopic (exact) mass is 1220 g/mol. The molecule has 30 atom stereocenters. The minimum Gasteiger partial charge on any atom is -0.457 e. The van der Waals surface area contributed by atoms with E-state index in [0.29, 0.717) is 51.4 Å². The molecule has 17 rings (SSSR count). The van der Waals surface area contributed by atoms with Gasteiger partial charge in [-0.3, -0.25) is 14.4 Å². The molecule has 17 aliphatic rings. The van der Waals surface area contributed by atoms with E-state index in [2.05, 4.69) is 40.7 Å². The van der Waals surface area contributed by atoms with E-state index in [-0.39, 0.29) is 29.6 Å². The first-order chi connectivity index (χ1) is 39.7. The summed E-state index contributed by atoms with van der Waals surface area (Å²) in [6, 6.07) is 0. The number of rotatable bonds is 3. The first-order valence-electron chi connectivity index (χ1n) is 30.3. The molecule has 0 aromatic carbocycles. The van der Waals surface area contributed by atoms with Crippen molar-refractivity contribution in [3.63, 3.8) is 0 Å². The third kappa shape index (κ3) is 11.0. The van der Waals surface area contributed by atoms with Gasteiger partial charge in [0, 0.05) is 5.41 Å². The van der Waals surface area contributed by atoms with Crippen molar-refractivity contribution in [3.05, 3.63) is 11.6 Å². The van der Waals surface area contributed by atoms with Gasteiger partial charge in [0.25, 0.3) is 0 Å². The standard InChI is InChI=1S/C59H92O26/c1-25-43-39(70)41(72)48(77-25)82-45-36(67)29(64)23-76-50(45)85-52(74)59-15-13-53(2,3)17-27(59)26-9-10-33-55(5)18-28(63)47(56(6,24-62)32(55)11-12-58(33,8)57(26,7)14-16-59)84-51-46(38(69)37(68)30(21-60)78-51)83-49-42(73)40(71)44(31(22-61)79-49)81-35(66)20-54(4,75)19-34(65)80-43/h9,25,27-33,36-51,60-64,67-73,75H,10-24H2,1-8H3/t25-,27-,28-,29-,30+,31+,32+,33+,36-,37+,38-,39-,40+,41+,42+,43-,44-,45+,46+,47-,48-,49-,50-,51-,54+,55-,56-,57+,58+,59-/m0/s1. The van der Waals surface area contributed by atoms with E-state index in [9.17, 15) is 76.0 Å². The van der Waals surface area contributed by atoms with Crippen LogP contribution < -0.4 is 0 Å². The lowest BCUT2D eigenvalue weighted by atomic mass is 9.33. The molecule has 0 radical (unpaired) electrons. The molecule has 7 saturated heterocycles. The van der Waals surface area contributed by atoms with Gasteiger partial charge in [0.05, 0.1) is 68.6 Å². The number of ether oxygens (including phenoxy) is 10. The molecule has 26 heteroatoms. The van der Waals surface area contributed by atoms with E-state index in [1.54, 1.807) is 0 Å². The van der Waals surface area contributed by atoms with Gasteiger partial charge in [-0.15, -0.1) is 0 Å². The Kier molecular flexibility index (Phi) is 18.1. The van der Waals surface area contributed by atoms with Gasteiger partial charge in [0.1, 0.15) is 67.1 Å². The third-order valence-electron chi connectivity index (χ3n) is 22.6. The summed E-state index contributed by atoms with van der Waals surface area (Å²) < 4.78 is 59.9. The second-order valence-electron chi connectivity index (χ2n) is 28.6. The van der Waals surface area contributed by atoms with Gasteiger partial charge in [-0.2, -0.15) is 0 Å². The number of carbonyl (C=O) groups is 3. The van der Waals surface area contributed by atoms with Crippen molar-refractivity contribution in [2.45, 2.75) is 261 Å². The van der Waals surface area contributed by atoms with Crippen LogP contribution in [0.3, 0.4) is 0 Å². The molecule has 0 aromatic rings. The molecule has 0 unspecified atom stereocenters. The Morgan fingerprint density at radius 2 is 1.13 bits per heavy atom. The molecule has 484 valence electrons. The summed E-state index contributed by atoms with van der Waals surface area (Å²) in [7, 11) is 0. The normalized spacial score (nSPS) is 54.2. The lowest BCUT2D eigenvalue weighted by Crippen LogP contribution is -2.70. The van der Waals surface area contributed by atoms with Crippen LogP contribution in [0.15, 0.2) is 11.6 Å². The molecular formula is C59H92O26. The van der Waals surface area contributed by atoms with Crippen molar-refractivity contribution in [3.8, 4) is 0 Å². The van der Waals surface area contributed by atoms with Crippen LogP contribution in [0.2, 0.25) is 0 Å². The summed E-state index contributed by atoms with van der Waals surface area (Å²) in [4.78, 5) is 42.3. The fourth-order valence-electron chi connectivity index (χ4n) is 17.6. The van der Waals surface area contributed by atoms with Gasteiger partial charge in [-0.05, 0) is 111 Å². The predicted molar refractivity (Wildman–Crippen MR) is 286 cm³/mol. The lowest BCUT2D eigenvalue weighted by molar-refractivity contribution is -0.384. The Bertz CT molecular complexity index is 2480. The van der Waals surface area contributed by atoms with Gasteiger partial charge >= 0.3 is 17.9 Å². The van der Waals surface area contributed by atoms with Crippen LogP contribution in [-0.2, 0) is 61.8 Å². The molecule has 0 amide bonds. The van der Waals surface area contributed by atoms with Gasteiger partial charge in [0.2, 0.25) is 6.29 Å². The largest absolute Gasteiger partial charge is 0.457 e. The first-order valence-corrected chi connectivity index (χ1v) is 30.3. The molecule has 13 N–H and O–H groups in total. The highest BCUT2D eigenvalue weighted by Gasteiger charge is 2.72. The van der Waals surface area contributed by atoms with Crippen LogP contribution in [0.4, 0.5) is 0 Å². The second kappa shape index (κ2) is 23.5. The number of aliphatic hydroxyl groups excluding tert-OH is 12. The molecular weight excluding hydrogens is 1120 g/mol. The van der Waals surface area contributed by atoms with Gasteiger partial charge in [0.15, 0.2) is 37.2 Å². The SMILES string of the molecule is C[C@@H]1O[C@H]2O[C@H]3[C@@H](OC[C@H](O)[C@@H]3O)OC(=O)[C@]34CCC(C)(C)C[C@H]3C3=CC[C@@H]5[C@@]6(C)C[C@H](O)[C@H](O[C@@H]7O[C@H](CO)[C@@H](O)[C@H](O)[C@H]7O[C@@H]7O[C@H](CO)[C@H](OC(=O)C[C@](C)(O)CC(=O)O[C@@H]1[C@@H](O)[C@H]2O)[C@H](O)[C@H]7O)[C@@](C)(CO)[C@@H]6CC[C@@]5(C)[C@]3(C)CC4. The Morgan fingerprint density at radius 1 is 0.553 bits per heavy atom. The molecule has 4 saturated carbocycles. The number of hydrogen-bond acceptors (Lipinski definition) is 26. The zero-order valence-corrected chi connectivity index (χ0v) is 49.7. The molecule has 85 heavy (non-hydrogen) atoms. The van der Waals surface area contributed by atoms with Crippen molar-refractivity contribution in [2.75, 3.05) is 26.4 Å². The third-order valence-corrected chi connectivity index (χ3v) is 22.6. The molecule has 5 aliphatic carbocycles. The summed E-state index contributed by atoms with van der Waals surface area (Å²) in [5.74, 6) is -3.82.